The molecule has 0 aliphatic carbocycles. The highest BCUT2D eigenvalue weighted by Crippen LogP contribution is 2.18. The van der Waals surface area contributed by atoms with Crippen molar-refractivity contribution in [2.75, 3.05) is 23.3 Å². The molecule has 0 atom stereocenters. The molecule has 0 bridgehead atoms. The molecule has 0 fully saturated rings. The van der Waals surface area contributed by atoms with Gasteiger partial charge in [-0.15, -0.1) is 0 Å². The summed E-state index contributed by atoms with van der Waals surface area (Å²) in [5, 5.41) is 7.82. The first-order chi connectivity index (χ1) is 11.5. The van der Waals surface area contributed by atoms with Crippen molar-refractivity contribution in [3.8, 4) is 0 Å². The zero-order chi connectivity index (χ0) is 17.5. The molecule has 0 radical (unpaired) electrons. The molecule has 24 heavy (non-hydrogen) atoms. The SMILES string of the molecule is CCN(CC)c1ccc(NC(=S)NCc2ccc(Cl)cc2C)cc1. The van der Waals surface area contributed by atoms with Gasteiger partial charge in [0.15, 0.2) is 5.11 Å². The molecule has 0 spiro atoms. The van der Waals surface area contributed by atoms with Gasteiger partial charge in [-0.25, -0.2) is 0 Å². The first-order valence-electron chi connectivity index (χ1n) is 8.18. The number of hydrogen-bond acceptors (Lipinski definition) is 2. The number of halogens is 1. The minimum Gasteiger partial charge on any atom is -0.372 e. The molecule has 3 nitrogen and oxygen atoms in total. The van der Waals surface area contributed by atoms with Gasteiger partial charge in [0.1, 0.15) is 0 Å². The van der Waals surface area contributed by atoms with Gasteiger partial charge in [-0.1, -0.05) is 17.7 Å². The highest BCUT2D eigenvalue weighted by Gasteiger charge is 2.04. The fraction of sp³-hybridized carbons (Fsp3) is 0.316. The van der Waals surface area contributed by atoms with Crippen molar-refractivity contribution >= 4 is 40.3 Å². The van der Waals surface area contributed by atoms with Gasteiger partial charge in [-0.2, -0.15) is 0 Å². The van der Waals surface area contributed by atoms with E-state index in [1.54, 1.807) is 0 Å². The predicted octanol–water partition coefficient (Wildman–Crippen LogP) is 4.98. The molecule has 0 amide bonds. The number of nitrogens with zero attached hydrogens (tertiary/aromatic N) is 1. The highest BCUT2D eigenvalue weighted by atomic mass is 35.5. The molecule has 0 heterocycles. The normalized spacial score (nSPS) is 10.3. The van der Waals surface area contributed by atoms with E-state index in [0.29, 0.717) is 11.7 Å². The zero-order valence-corrected chi connectivity index (χ0v) is 16.0. The van der Waals surface area contributed by atoms with Gasteiger partial charge in [0.2, 0.25) is 0 Å². The standard InChI is InChI=1S/C19H24ClN3S/c1-4-23(5-2)18-10-8-17(9-11-18)22-19(24)21-13-15-6-7-16(20)12-14(15)3/h6-12H,4-5,13H2,1-3H3,(H2,21,22,24). The quantitative estimate of drug-likeness (QED) is 0.709. The van der Waals surface area contributed by atoms with E-state index in [1.165, 1.54) is 11.3 Å². The second-order valence-electron chi connectivity index (χ2n) is 5.60. The molecule has 128 valence electrons. The van der Waals surface area contributed by atoms with E-state index in [9.17, 15) is 0 Å². The molecular weight excluding hydrogens is 338 g/mol. The zero-order valence-electron chi connectivity index (χ0n) is 14.4. The van der Waals surface area contributed by atoms with E-state index in [1.807, 2.05) is 25.1 Å². The van der Waals surface area contributed by atoms with Gasteiger partial charge in [0.05, 0.1) is 0 Å². The summed E-state index contributed by atoms with van der Waals surface area (Å²) in [7, 11) is 0. The van der Waals surface area contributed by atoms with E-state index in [0.717, 1.165) is 29.4 Å². The summed E-state index contributed by atoms with van der Waals surface area (Å²) in [5.41, 5.74) is 4.54. The Hall–Kier alpha value is -1.78. The van der Waals surface area contributed by atoms with Crippen LogP contribution in [0, 0.1) is 6.92 Å². The fourth-order valence-corrected chi connectivity index (χ4v) is 2.97. The third kappa shape index (κ3) is 5.11. The van der Waals surface area contributed by atoms with Crippen LogP contribution >= 0.6 is 23.8 Å². The van der Waals surface area contributed by atoms with Crippen molar-refractivity contribution < 1.29 is 0 Å². The second kappa shape index (κ2) is 8.90. The lowest BCUT2D eigenvalue weighted by molar-refractivity contribution is 0.866. The van der Waals surface area contributed by atoms with Crippen molar-refractivity contribution in [3.05, 3.63) is 58.6 Å². The second-order valence-corrected chi connectivity index (χ2v) is 6.44. The smallest absolute Gasteiger partial charge is 0.171 e. The Kier molecular flexibility index (Phi) is 6.88. The Balaban J connectivity index is 1.90. The third-order valence-corrected chi connectivity index (χ3v) is 4.48. The van der Waals surface area contributed by atoms with Crippen LogP contribution in [0.5, 0.6) is 0 Å². The average molecular weight is 362 g/mol. The molecule has 0 saturated carbocycles. The van der Waals surface area contributed by atoms with Crippen molar-refractivity contribution in [2.24, 2.45) is 0 Å². The van der Waals surface area contributed by atoms with Crippen LogP contribution in [0.1, 0.15) is 25.0 Å². The number of hydrogen-bond donors (Lipinski definition) is 2. The topological polar surface area (TPSA) is 27.3 Å². The Morgan fingerprint density at radius 2 is 1.75 bits per heavy atom. The highest BCUT2D eigenvalue weighted by molar-refractivity contribution is 7.80. The number of nitrogens with one attached hydrogen (secondary N) is 2. The monoisotopic (exact) mass is 361 g/mol. The number of thiocarbonyl (C=S) groups is 1. The number of benzene rings is 2. The molecule has 0 aliphatic rings. The summed E-state index contributed by atoms with van der Waals surface area (Å²) in [4.78, 5) is 2.31. The largest absolute Gasteiger partial charge is 0.372 e. The Morgan fingerprint density at radius 1 is 1.08 bits per heavy atom. The summed E-state index contributed by atoms with van der Waals surface area (Å²) in [6.45, 7) is 9.05. The van der Waals surface area contributed by atoms with E-state index >= 15 is 0 Å². The lowest BCUT2D eigenvalue weighted by Gasteiger charge is -2.21. The van der Waals surface area contributed by atoms with E-state index in [4.69, 9.17) is 23.8 Å². The van der Waals surface area contributed by atoms with Crippen LogP contribution in [0.2, 0.25) is 5.02 Å². The summed E-state index contributed by atoms with van der Waals surface area (Å²) in [6, 6.07) is 14.2. The molecular formula is C19H24ClN3S. The van der Waals surface area contributed by atoms with E-state index < -0.39 is 0 Å². The average Bonchev–Trinajstić information content (AvgIpc) is 2.56. The first-order valence-corrected chi connectivity index (χ1v) is 8.97. The Bertz CT molecular complexity index is 682. The maximum Gasteiger partial charge on any atom is 0.171 e. The fourth-order valence-electron chi connectivity index (χ4n) is 2.55. The molecule has 0 saturated heterocycles. The first kappa shape index (κ1) is 18.6. The third-order valence-electron chi connectivity index (χ3n) is 4.00. The van der Waals surface area contributed by atoms with Gasteiger partial charge in [0, 0.05) is 36.0 Å². The minimum absolute atomic E-state index is 0.611. The maximum atomic E-state index is 5.98. The molecule has 2 aromatic carbocycles. The molecule has 0 aromatic heterocycles. The molecule has 2 aromatic rings. The van der Waals surface area contributed by atoms with Crippen LogP contribution in [-0.2, 0) is 6.54 Å². The van der Waals surface area contributed by atoms with Crippen LogP contribution in [0.25, 0.3) is 0 Å². The summed E-state index contributed by atoms with van der Waals surface area (Å²) in [6.07, 6.45) is 0. The van der Waals surface area contributed by atoms with Gasteiger partial charge >= 0.3 is 0 Å². The van der Waals surface area contributed by atoms with Crippen LogP contribution < -0.4 is 15.5 Å². The number of anilines is 2. The van der Waals surface area contributed by atoms with Crippen molar-refractivity contribution in [1.29, 1.82) is 0 Å². The van der Waals surface area contributed by atoms with Crippen molar-refractivity contribution in [2.45, 2.75) is 27.3 Å². The molecule has 0 unspecified atom stereocenters. The molecule has 5 heteroatoms. The van der Waals surface area contributed by atoms with Crippen molar-refractivity contribution in [1.82, 2.24) is 5.32 Å². The van der Waals surface area contributed by atoms with Crippen LogP contribution in [0.4, 0.5) is 11.4 Å². The van der Waals surface area contributed by atoms with Crippen LogP contribution in [0.15, 0.2) is 42.5 Å². The maximum absolute atomic E-state index is 5.98. The summed E-state index contributed by atoms with van der Waals surface area (Å²) in [5.74, 6) is 0. The van der Waals surface area contributed by atoms with Gasteiger partial charge in [-0.05, 0) is 80.5 Å². The minimum atomic E-state index is 0.611. The number of aryl methyl sites for hydroxylation is 1. The van der Waals surface area contributed by atoms with E-state index in [-0.39, 0.29) is 0 Å². The Morgan fingerprint density at radius 3 is 2.33 bits per heavy atom. The Labute approximate surface area is 155 Å². The van der Waals surface area contributed by atoms with Crippen LogP contribution in [0.3, 0.4) is 0 Å². The lowest BCUT2D eigenvalue weighted by atomic mass is 10.1. The summed E-state index contributed by atoms with van der Waals surface area (Å²) < 4.78 is 0. The van der Waals surface area contributed by atoms with Gasteiger partial charge in [0.25, 0.3) is 0 Å². The summed E-state index contributed by atoms with van der Waals surface area (Å²) >= 11 is 11.4. The number of rotatable bonds is 6. The van der Waals surface area contributed by atoms with Crippen molar-refractivity contribution in [3.63, 3.8) is 0 Å². The van der Waals surface area contributed by atoms with Gasteiger partial charge in [-0.3, -0.25) is 0 Å². The van der Waals surface area contributed by atoms with Gasteiger partial charge < -0.3 is 15.5 Å². The predicted molar refractivity (Wildman–Crippen MR) is 109 cm³/mol. The van der Waals surface area contributed by atoms with E-state index in [2.05, 4.69) is 53.6 Å². The molecule has 0 aliphatic heterocycles. The molecule has 2 N–H and O–H groups in total. The molecule has 2 rings (SSSR count). The van der Waals surface area contributed by atoms with Crippen LogP contribution in [-0.4, -0.2) is 18.2 Å². The lowest BCUT2D eigenvalue weighted by Crippen LogP contribution is -2.28.